The van der Waals surface area contributed by atoms with Crippen molar-refractivity contribution in [3.63, 3.8) is 0 Å². The standard InChI is InChI=1S/C12H12N2O2/c1-7-8(2)14-16-12(7)9-5-3-4-6-10(9)13-11(12)15/h3-7H,1-2H3,(H,13,15)/t7-,12-/m1/s1. The van der Waals surface area contributed by atoms with E-state index < -0.39 is 5.60 Å². The highest BCUT2D eigenvalue weighted by atomic mass is 16.7. The Morgan fingerprint density at radius 1 is 1.44 bits per heavy atom. The summed E-state index contributed by atoms with van der Waals surface area (Å²) < 4.78 is 0. The number of carbonyl (C=O) groups is 1. The second kappa shape index (κ2) is 2.84. The van der Waals surface area contributed by atoms with Crippen LogP contribution in [0.4, 0.5) is 5.69 Å². The number of para-hydroxylation sites is 1. The van der Waals surface area contributed by atoms with Gasteiger partial charge in [-0.15, -0.1) is 0 Å². The number of nitrogens with one attached hydrogen (secondary N) is 1. The molecule has 0 bridgehead atoms. The average Bonchev–Trinajstić information content (AvgIpc) is 2.74. The van der Waals surface area contributed by atoms with Gasteiger partial charge in [-0.1, -0.05) is 30.3 Å². The van der Waals surface area contributed by atoms with Gasteiger partial charge in [0.25, 0.3) is 5.91 Å². The van der Waals surface area contributed by atoms with E-state index in [2.05, 4.69) is 10.5 Å². The highest BCUT2D eigenvalue weighted by molar-refractivity contribution is 6.09. The van der Waals surface area contributed by atoms with Crippen LogP contribution in [0.2, 0.25) is 0 Å². The summed E-state index contributed by atoms with van der Waals surface area (Å²) >= 11 is 0. The van der Waals surface area contributed by atoms with E-state index >= 15 is 0 Å². The molecule has 2 aliphatic rings. The Morgan fingerprint density at radius 2 is 2.19 bits per heavy atom. The Kier molecular flexibility index (Phi) is 1.67. The number of anilines is 1. The van der Waals surface area contributed by atoms with Crippen molar-refractivity contribution in [2.75, 3.05) is 5.32 Å². The van der Waals surface area contributed by atoms with Gasteiger partial charge in [-0.3, -0.25) is 4.79 Å². The maximum atomic E-state index is 12.1. The van der Waals surface area contributed by atoms with Crippen LogP contribution in [0.3, 0.4) is 0 Å². The molecule has 1 aromatic rings. The van der Waals surface area contributed by atoms with E-state index in [-0.39, 0.29) is 11.8 Å². The normalized spacial score (nSPS) is 31.0. The zero-order chi connectivity index (χ0) is 11.3. The summed E-state index contributed by atoms with van der Waals surface area (Å²) in [6.45, 7) is 3.85. The summed E-state index contributed by atoms with van der Waals surface area (Å²) in [5.41, 5.74) is 1.62. The van der Waals surface area contributed by atoms with E-state index in [9.17, 15) is 4.79 Å². The molecule has 1 spiro atoms. The molecular weight excluding hydrogens is 204 g/mol. The number of hydrogen-bond acceptors (Lipinski definition) is 3. The molecule has 4 heteroatoms. The minimum atomic E-state index is -0.944. The van der Waals surface area contributed by atoms with Gasteiger partial charge in [-0.05, 0) is 13.0 Å². The number of benzene rings is 1. The van der Waals surface area contributed by atoms with E-state index in [0.717, 1.165) is 17.0 Å². The molecule has 2 atom stereocenters. The Labute approximate surface area is 93.3 Å². The first-order valence-electron chi connectivity index (χ1n) is 5.30. The first-order chi connectivity index (χ1) is 7.66. The number of nitrogens with zero attached hydrogens (tertiary/aromatic N) is 1. The Bertz CT molecular complexity index is 509. The van der Waals surface area contributed by atoms with Crippen LogP contribution in [0.25, 0.3) is 0 Å². The van der Waals surface area contributed by atoms with Crippen LogP contribution in [0.5, 0.6) is 0 Å². The van der Waals surface area contributed by atoms with Crippen molar-refractivity contribution in [3.8, 4) is 0 Å². The van der Waals surface area contributed by atoms with Crippen LogP contribution in [0.1, 0.15) is 19.4 Å². The molecule has 2 heterocycles. The molecule has 0 radical (unpaired) electrons. The van der Waals surface area contributed by atoms with Crippen molar-refractivity contribution in [3.05, 3.63) is 29.8 Å². The molecule has 4 nitrogen and oxygen atoms in total. The van der Waals surface area contributed by atoms with Crippen molar-refractivity contribution in [2.24, 2.45) is 11.1 Å². The zero-order valence-electron chi connectivity index (χ0n) is 9.15. The van der Waals surface area contributed by atoms with Crippen LogP contribution in [0, 0.1) is 5.92 Å². The Balaban J connectivity index is 2.20. The first kappa shape index (κ1) is 9.39. The third-order valence-corrected chi connectivity index (χ3v) is 3.48. The first-order valence-corrected chi connectivity index (χ1v) is 5.30. The lowest BCUT2D eigenvalue weighted by Gasteiger charge is -2.23. The monoisotopic (exact) mass is 216 g/mol. The molecule has 1 amide bonds. The SMILES string of the molecule is CC1=NO[C@]2(C(=O)Nc3ccccc32)[C@@H]1C. The predicted octanol–water partition coefficient (Wildman–Crippen LogP) is 1.88. The summed E-state index contributed by atoms with van der Waals surface area (Å²) in [5, 5.41) is 6.80. The molecule has 0 aliphatic carbocycles. The Morgan fingerprint density at radius 3 is 2.88 bits per heavy atom. The molecule has 82 valence electrons. The van der Waals surface area contributed by atoms with Gasteiger partial charge in [0.2, 0.25) is 5.60 Å². The van der Waals surface area contributed by atoms with Gasteiger partial charge in [-0.2, -0.15) is 0 Å². The maximum absolute atomic E-state index is 12.1. The molecule has 16 heavy (non-hydrogen) atoms. The number of oxime groups is 1. The van der Waals surface area contributed by atoms with E-state index in [0.29, 0.717) is 0 Å². The van der Waals surface area contributed by atoms with Gasteiger partial charge in [0.15, 0.2) is 0 Å². The molecule has 1 N–H and O–H groups in total. The summed E-state index contributed by atoms with van der Waals surface area (Å²) in [4.78, 5) is 17.5. The Hall–Kier alpha value is -1.84. The number of rotatable bonds is 0. The quantitative estimate of drug-likeness (QED) is 0.719. The van der Waals surface area contributed by atoms with Crippen LogP contribution in [-0.2, 0) is 15.2 Å². The maximum Gasteiger partial charge on any atom is 0.276 e. The fraction of sp³-hybridized carbons (Fsp3) is 0.333. The summed E-state index contributed by atoms with van der Waals surface area (Å²) in [7, 11) is 0. The number of fused-ring (bicyclic) bond motifs is 2. The smallest absolute Gasteiger partial charge is 0.276 e. The molecule has 2 aliphatic heterocycles. The van der Waals surface area contributed by atoms with Gasteiger partial charge < -0.3 is 10.2 Å². The lowest BCUT2D eigenvalue weighted by molar-refractivity contribution is -0.141. The van der Waals surface area contributed by atoms with E-state index in [4.69, 9.17) is 4.84 Å². The van der Waals surface area contributed by atoms with Crippen molar-refractivity contribution in [2.45, 2.75) is 19.4 Å². The van der Waals surface area contributed by atoms with Crippen LogP contribution < -0.4 is 5.32 Å². The zero-order valence-corrected chi connectivity index (χ0v) is 9.15. The fourth-order valence-corrected chi connectivity index (χ4v) is 2.37. The highest BCUT2D eigenvalue weighted by Gasteiger charge is 2.57. The van der Waals surface area contributed by atoms with Gasteiger partial charge in [0.1, 0.15) is 0 Å². The molecule has 0 aromatic heterocycles. The van der Waals surface area contributed by atoms with Crippen molar-refractivity contribution in [1.82, 2.24) is 0 Å². The topological polar surface area (TPSA) is 50.7 Å². The van der Waals surface area contributed by atoms with E-state index in [1.165, 1.54) is 0 Å². The van der Waals surface area contributed by atoms with Gasteiger partial charge in [-0.25, -0.2) is 0 Å². The molecular formula is C12H12N2O2. The second-order valence-corrected chi connectivity index (χ2v) is 4.28. The molecule has 0 fully saturated rings. The molecule has 1 aromatic carbocycles. The van der Waals surface area contributed by atoms with Gasteiger partial charge in [0, 0.05) is 11.3 Å². The number of amides is 1. The average molecular weight is 216 g/mol. The summed E-state index contributed by atoms with van der Waals surface area (Å²) in [6.07, 6.45) is 0. The third-order valence-electron chi connectivity index (χ3n) is 3.48. The van der Waals surface area contributed by atoms with E-state index in [1.807, 2.05) is 38.1 Å². The fourth-order valence-electron chi connectivity index (χ4n) is 2.37. The van der Waals surface area contributed by atoms with E-state index in [1.54, 1.807) is 0 Å². The largest absolute Gasteiger partial charge is 0.373 e. The highest BCUT2D eigenvalue weighted by Crippen LogP contribution is 2.47. The van der Waals surface area contributed by atoms with Crippen molar-refractivity contribution >= 4 is 17.3 Å². The van der Waals surface area contributed by atoms with Crippen LogP contribution >= 0.6 is 0 Å². The van der Waals surface area contributed by atoms with Crippen molar-refractivity contribution in [1.29, 1.82) is 0 Å². The van der Waals surface area contributed by atoms with Gasteiger partial charge in [0.05, 0.1) is 11.6 Å². The lowest BCUT2D eigenvalue weighted by Crippen LogP contribution is -2.40. The molecule has 0 unspecified atom stereocenters. The minimum absolute atomic E-state index is 0.0313. The lowest BCUT2D eigenvalue weighted by atomic mass is 9.81. The predicted molar refractivity (Wildman–Crippen MR) is 60.1 cm³/mol. The molecule has 0 saturated carbocycles. The van der Waals surface area contributed by atoms with Crippen LogP contribution in [0.15, 0.2) is 29.4 Å². The summed E-state index contributed by atoms with van der Waals surface area (Å²) in [5.74, 6) is -0.155. The summed E-state index contributed by atoms with van der Waals surface area (Å²) in [6, 6.07) is 7.60. The number of hydrogen-bond donors (Lipinski definition) is 1. The van der Waals surface area contributed by atoms with Gasteiger partial charge >= 0.3 is 0 Å². The van der Waals surface area contributed by atoms with Crippen LogP contribution in [-0.4, -0.2) is 11.6 Å². The third kappa shape index (κ3) is 0.894. The van der Waals surface area contributed by atoms with Crippen molar-refractivity contribution < 1.29 is 9.63 Å². The minimum Gasteiger partial charge on any atom is -0.373 e. The number of carbonyl (C=O) groups excluding carboxylic acids is 1. The molecule has 3 rings (SSSR count). The molecule has 0 saturated heterocycles. The second-order valence-electron chi connectivity index (χ2n) is 4.28.